The van der Waals surface area contributed by atoms with E-state index in [1.807, 2.05) is 24.0 Å². The third kappa shape index (κ3) is 2.26. The maximum absolute atomic E-state index is 4.38. The summed E-state index contributed by atoms with van der Waals surface area (Å²) in [6.07, 6.45) is 1.83. The summed E-state index contributed by atoms with van der Waals surface area (Å²) in [7, 11) is 0. The van der Waals surface area contributed by atoms with Crippen LogP contribution in [0.15, 0.2) is 21.2 Å². The molecule has 1 aromatic rings. The van der Waals surface area contributed by atoms with Gasteiger partial charge in [0.1, 0.15) is 0 Å². The number of hydrogen-bond acceptors (Lipinski definition) is 3. The van der Waals surface area contributed by atoms with E-state index in [4.69, 9.17) is 0 Å². The highest BCUT2D eigenvalue weighted by molar-refractivity contribution is 9.11. The lowest BCUT2D eigenvalue weighted by Crippen LogP contribution is -2.13. The largest absolute Gasteiger partial charge is 0.299 e. The summed E-state index contributed by atoms with van der Waals surface area (Å²) in [5, 5.41) is 3.74. The molecule has 13 heavy (non-hydrogen) atoms. The molecule has 0 spiro atoms. The highest BCUT2D eigenvalue weighted by Gasteiger charge is 2.20. The summed E-state index contributed by atoms with van der Waals surface area (Å²) in [6, 6.07) is 2.03. The zero-order chi connectivity index (χ0) is 9.26. The van der Waals surface area contributed by atoms with Crippen LogP contribution < -0.4 is 5.32 Å². The molecule has 2 rings (SSSR count). The number of rotatable bonds is 1. The first kappa shape index (κ1) is 9.96. The minimum atomic E-state index is 0.350. The quantitative estimate of drug-likeness (QED) is 0.860. The van der Waals surface area contributed by atoms with Gasteiger partial charge in [0.15, 0.2) is 0 Å². The Morgan fingerprint density at radius 1 is 1.54 bits per heavy atom. The van der Waals surface area contributed by atoms with Gasteiger partial charge in [0, 0.05) is 27.4 Å². The number of pyridine rings is 1. The van der Waals surface area contributed by atoms with Gasteiger partial charge in [-0.3, -0.25) is 10.3 Å². The Hall–Kier alpha value is 0.420. The molecule has 1 unspecified atom stereocenters. The molecule has 0 bridgehead atoms. The SMILES string of the molecule is Brc1cnc(C2NCCS2)c(Br)c1. The summed E-state index contributed by atoms with van der Waals surface area (Å²) in [5.74, 6) is 1.16. The van der Waals surface area contributed by atoms with Gasteiger partial charge in [0.05, 0.1) is 11.1 Å². The summed E-state index contributed by atoms with van der Waals surface area (Å²) in [4.78, 5) is 4.38. The Kier molecular flexibility index (Phi) is 3.29. The van der Waals surface area contributed by atoms with Gasteiger partial charge in [-0.2, -0.15) is 0 Å². The zero-order valence-corrected chi connectivity index (χ0v) is 10.7. The van der Waals surface area contributed by atoms with E-state index in [1.165, 1.54) is 0 Å². The average Bonchev–Trinajstić information content (AvgIpc) is 2.56. The second kappa shape index (κ2) is 4.29. The van der Waals surface area contributed by atoms with E-state index in [1.54, 1.807) is 0 Å². The lowest BCUT2D eigenvalue weighted by Gasteiger charge is -2.10. The number of hydrogen-bond donors (Lipinski definition) is 1. The molecule has 1 saturated heterocycles. The van der Waals surface area contributed by atoms with Crippen molar-refractivity contribution in [3.63, 3.8) is 0 Å². The van der Waals surface area contributed by atoms with Crippen molar-refractivity contribution in [3.8, 4) is 0 Å². The molecule has 0 radical (unpaired) electrons. The Bertz CT molecular complexity index is 313. The van der Waals surface area contributed by atoms with Crippen LogP contribution in [0.3, 0.4) is 0 Å². The first-order chi connectivity index (χ1) is 6.27. The molecule has 5 heteroatoms. The van der Waals surface area contributed by atoms with Gasteiger partial charge < -0.3 is 0 Å². The summed E-state index contributed by atoms with van der Waals surface area (Å²) in [5.41, 5.74) is 1.09. The molecule has 70 valence electrons. The fourth-order valence-corrected chi connectivity index (χ4v) is 3.64. The third-order valence-electron chi connectivity index (χ3n) is 1.80. The fourth-order valence-electron chi connectivity index (χ4n) is 1.22. The molecule has 0 aliphatic carbocycles. The van der Waals surface area contributed by atoms with Crippen LogP contribution in [0.25, 0.3) is 0 Å². The van der Waals surface area contributed by atoms with Crippen molar-refractivity contribution < 1.29 is 0 Å². The van der Waals surface area contributed by atoms with Crippen LogP contribution in [0.2, 0.25) is 0 Å². The topological polar surface area (TPSA) is 24.9 Å². The van der Waals surface area contributed by atoms with Gasteiger partial charge >= 0.3 is 0 Å². The predicted octanol–water partition coefficient (Wildman–Crippen LogP) is 2.94. The van der Waals surface area contributed by atoms with E-state index in [0.717, 1.165) is 26.9 Å². The third-order valence-corrected chi connectivity index (χ3v) is 4.03. The van der Waals surface area contributed by atoms with Crippen molar-refractivity contribution in [1.82, 2.24) is 10.3 Å². The average molecular weight is 324 g/mol. The van der Waals surface area contributed by atoms with Crippen molar-refractivity contribution in [3.05, 3.63) is 26.9 Å². The molecule has 1 aliphatic heterocycles. The maximum Gasteiger partial charge on any atom is 0.0974 e. The van der Waals surface area contributed by atoms with Gasteiger partial charge in [0.2, 0.25) is 0 Å². The van der Waals surface area contributed by atoms with E-state index in [-0.39, 0.29) is 0 Å². The Labute approximate surface area is 98.1 Å². The van der Waals surface area contributed by atoms with Crippen molar-refractivity contribution in [1.29, 1.82) is 0 Å². The molecule has 0 saturated carbocycles. The Balaban J connectivity index is 2.29. The molecule has 1 aromatic heterocycles. The van der Waals surface area contributed by atoms with Gasteiger partial charge in [-0.1, -0.05) is 0 Å². The van der Waals surface area contributed by atoms with Crippen LogP contribution in [0.5, 0.6) is 0 Å². The van der Waals surface area contributed by atoms with Crippen LogP contribution >= 0.6 is 43.6 Å². The number of nitrogens with one attached hydrogen (secondary N) is 1. The molecular weight excluding hydrogens is 316 g/mol. The van der Waals surface area contributed by atoms with Crippen LogP contribution in [0.4, 0.5) is 0 Å². The maximum atomic E-state index is 4.38. The van der Waals surface area contributed by atoms with E-state index < -0.39 is 0 Å². The standard InChI is InChI=1S/C8H8Br2N2S/c9-5-3-6(10)7(12-4-5)8-11-1-2-13-8/h3-4,8,11H,1-2H2. The molecular formula is C8H8Br2N2S. The highest BCUT2D eigenvalue weighted by atomic mass is 79.9. The number of halogens is 2. The number of aromatic nitrogens is 1. The Morgan fingerprint density at radius 2 is 2.38 bits per heavy atom. The van der Waals surface area contributed by atoms with E-state index >= 15 is 0 Å². The predicted molar refractivity (Wildman–Crippen MR) is 62.8 cm³/mol. The van der Waals surface area contributed by atoms with Crippen molar-refractivity contribution in [2.45, 2.75) is 5.37 Å². The van der Waals surface area contributed by atoms with Gasteiger partial charge in [-0.15, -0.1) is 11.8 Å². The van der Waals surface area contributed by atoms with Crippen molar-refractivity contribution in [2.24, 2.45) is 0 Å². The van der Waals surface area contributed by atoms with E-state index in [0.29, 0.717) is 5.37 Å². The molecule has 0 aromatic carbocycles. The second-order valence-electron chi connectivity index (χ2n) is 2.73. The molecule has 0 amide bonds. The molecule has 1 N–H and O–H groups in total. The first-order valence-corrected chi connectivity index (χ1v) is 6.57. The normalized spacial score (nSPS) is 22.2. The second-order valence-corrected chi connectivity index (χ2v) is 5.71. The molecule has 2 nitrogen and oxygen atoms in total. The monoisotopic (exact) mass is 322 g/mol. The van der Waals surface area contributed by atoms with Gasteiger partial charge in [-0.25, -0.2) is 0 Å². The highest BCUT2D eigenvalue weighted by Crippen LogP contribution is 2.33. The van der Waals surface area contributed by atoms with Crippen LogP contribution in [-0.2, 0) is 0 Å². The molecule has 1 fully saturated rings. The van der Waals surface area contributed by atoms with E-state index in [2.05, 4.69) is 42.2 Å². The summed E-state index contributed by atoms with van der Waals surface area (Å²) >= 11 is 8.79. The minimum absolute atomic E-state index is 0.350. The van der Waals surface area contributed by atoms with E-state index in [9.17, 15) is 0 Å². The van der Waals surface area contributed by atoms with Crippen molar-refractivity contribution >= 4 is 43.6 Å². The number of thioether (sulfide) groups is 1. The lowest BCUT2D eigenvalue weighted by atomic mass is 10.3. The van der Waals surface area contributed by atoms with Crippen LogP contribution in [0.1, 0.15) is 11.1 Å². The summed E-state index contributed by atoms with van der Waals surface area (Å²) in [6.45, 7) is 1.07. The van der Waals surface area contributed by atoms with Crippen molar-refractivity contribution in [2.75, 3.05) is 12.3 Å². The minimum Gasteiger partial charge on any atom is -0.299 e. The first-order valence-electron chi connectivity index (χ1n) is 3.93. The molecule has 2 heterocycles. The lowest BCUT2D eigenvalue weighted by molar-refractivity contribution is 0.729. The molecule has 1 atom stereocenters. The van der Waals surface area contributed by atoms with Crippen LogP contribution in [-0.4, -0.2) is 17.3 Å². The molecule has 1 aliphatic rings. The smallest absolute Gasteiger partial charge is 0.0974 e. The zero-order valence-electron chi connectivity index (χ0n) is 6.76. The van der Waals surface area contributed by atoms with Gasteiger partial charge in [0.25, 0.3) is 0 Å². The number of nitrogens with zero attached hydrogens (tertiary/aromatic N) is 1. The fraction of sp³-hybridized carbons (Fsp3) is 0.375. The summed E-state index contributed by atoms with van der Waals surface area (Å²) < 4.78 is 2.07. The van der Waals surface area contributed by atoms with Crippen LogP contribution in [0, 0.1) is 0 Å². The Morgan fingerprint density at radius 3 is 3.00 bits per heavy atom. The van der Waals surface area contributed by atoms with Gasteiger partial charge in [-0.05, 0) is 37.9 Å².